The van der Waals surface area contributed by atoms with Gasteiger partial charge in [-0.05, 0) is 5.92 Å². The van der Waals surface area contributed by atoms with E-state index in [0.717, 1.165) is 12.1 Å². The molecule has 0 aromatic heterocycles. The van der Waals surface area contributed by atoms with E-state index in [4.69, 9.17) is 4.84 Å². The van der Waals surface area contributed by atoms with Crippen molar-refractivity contribution < 1.29 is 9.94 Å². The SMILES string of the molecule is CC(C)NC[C@H](O)[C@H]1CC(C(C)C)=NO1. The summed E-state index contributed by atoms with van der Waals surface area (Å²) in [6.07, 6.45) is 0.0968. The average molecular weight is 214 g/mol. The Kier molecular flexibility index (Phi) is 4.54. The van der Waals surface area contributed by atoms with E-state index in [1.165, 1.54) is 0 Å². The Morgan fingerprint density at radius 2 is 2.13 bits per heavy atom. The summed E-state index contributed by atoms with van der Waals surface area (Å²) in [4.78, 5) is 5.22. The summed E-state index contributed by atoms with van der Waals surface area (Å²) in [7, 11) is 0. The van der Waals surface area contributed by atoms with Gasteiger partial charge in [-0.2, -0.15) is 0 Å². The monoisotopic (exact) mass is 214 g/mol. The van der Waals surface area contributed by atoms with E-state index in [1.807, 2.05) is 0 Å². The summed E-state index contributed by atoms with van der Waals surface area (Å²) in [6.45, 7) is 8.84. The highest BCUT2D eigenvalue weighted by atomic mass is 16.7. The third-order valence-corrected chi connectivity index (χ3v) is 2.55. The molecule has 1 aliphatic heterocycles. The van der Waals surface area contributed by atoms with Crippen LogP contribution < -0.4 is 5.32 Å². The van der Waals surface area contributed by atoms with E-state index in [-0.39, 0.29) is 6.10 Å². The Hall–Kier alpha value is -0.610. The standard InChI is InChI=1S/C11H22N2O2/c1-7(2)9-5-11(15-13-9)10(14)6-12-8(3)4/h7-8,10-12,14H,5-6H2,1-4H3/t10-,11+/m0/s1. The lowest BCUT2D eigenvalue weighted by Gasteiger charge is -2.18. The Bertz CT molecular complexity index is 227. The molecular weight excluding hydrogens is 192 g/mol. The number of hydrogen-bond acceptors (Lipinski definition) is 4. The predicted molar refractivity (Wildman–Crippen MR) is 60.9 cm³/mol. The maximum atomic E-state index is 9.84. The van der Waals surface area contributed by atoms with Crippen LogP contribution in [0.15, 0.2) is 5.16 Å². The van der Waals surface area contributed by atoms with E-state index in [0.29, 0.717) is 18.5 Å². The van der Waals surface area contributed by atoms with Crippen molar-refractivity contribution in [3.63, 3.8) is 0 Å². The lowest BCUT2D eigenvalue weighted by Crippen LogP contribution is -2.39. The van der Waals surface area contributed by atoms with Gasteiger partial charge < -0.3 is 15.3 Å². The number of oxime groups is 1. The Morgan fingerprint density at radius 1 is 1.47 bits per heavy atom. The summed E-state index contributed by atoms with van der Waals surface area (Å²) < 4.78 is 0. The zero-order chi connectivity index (χ0) is 11.4. The molecule has 1 rings (SSSR count). The van der Waals surface area contributed by atoms with Gasteiger partial charge in [-0.25, -0.2) is 0 Å². The number of rotatable bonds is 5. The molecule has 2 N–H and O–H groups in total. The normalized spacial score (nSPS) is 23.1. The molecule has 1 aliphatic rings. The largest absolute Gasteiger partial charge is 0.389 e. The quantitative estimate of drug-likeness (QED) is 0.721. The molecule has 0 saturated heterocycles. The van der Waals surface area contributed by atoms with Crippen LogP contribution in [-0.2, 0) is 4.84 Å². The molecule has 0 fully saturated rings. The summed E-state index contributed by atoms with van der Waals surface area (Å²) in [6, 6.07) is 0.381. The fourth-order valence-electron chi connectivity index (χ4n) is 1.45. The van der Waals surface area contributed by atoms with Gasteiger partial charge in [0.05, 0.1) is 5.71 Å². The Morgan fingerprint density at radius 3 is 2.60 bits per heavy atom. The number of hydrogen-bond donors (Lipinski definition) is 2. The van der Waals surface area contributed by atoms with Gasteiger partial charge in [0.25, 0.3) is 0 Å². The lowest BCUT2D eigenvalue weighted by atomic mass is 10.0. The molecule has 0 bridgehead atoms. The molecule has 2 atom stereocenters. The lowest BCUT2D eigenvalue weighted by molar-refractivity contribution is -0.0166. The first-order chi connectivity index (χ1) is 7.00. The molecule has 1 heterocycles. The van der Waals surface area contributed by atoms with Gasteiger partial charge in [-0.3, -0.25) is 0 Å². The minimum Gasteiger partial charge on any atom is -0.389 e. The smallest absolute Gasteiger partial charge is 0.159 e. The van der Waals surface area contributed by atoms with Gasteiger partial charge in [-0.15, -0.1) is 0 Å². The van der Waals surface area contributed by atoms with E-state index in [9.17, 15) is 5.11 Å². The minimum atomic E-state index is -0.479. The summed E-state index contributed by atoms with van der Waals surface area (Å²) in [5, 5.41) is 17.0. The topological polar surface area (TPSA) is 53.8 Å². The first-order valence-electron chi connectivity index (χ1n) is 5.64. The van der Waals surface area contributed by atoms with Crippen LogP contribution in [0.1, 0.15) is 34.1 Å². The molecule has 4 heteroatoms. The van der Waals surface area contributed by atoms with Crippen molar-refractivity contribution in [2.75, 3.05) is 6.54 Å². The zero-order valence-electron chi connectivity index (χ0n) is 10.0. The van der Waals surface area contributed by atoms with Crippen molar-refractivity contribution in [2.45, 2.75) is 52.4 Å². The highest BCUT2D eigenvalue weighted by Gasteiger charge is 2.29. The van der Waals surface area contributed by atoms with Crippen LogP contribution in [0.5, 0.6) is 0 Å². The summed E-state index contributed by atoms with van der Waals surface area (Å²) >= 11 is 0. The Labute approximate surface area is 91.7 Å². The maximum absolute atomic E-state index is 9.84. The third kappa shape index (κ3) is 3.80. The van der Waals surface area contributed by atoms with E-state index >= 15 is 0 Å². The summed E-state index contributed by atoms with van der Waals surface area (Å²) in [5.41, 5.74) is 1.04. The average Bonchev–Trinajstić information content (AvgIpc) is 2.62. The van der Waals surface area contributed by atoms with Gasteiger partial charge in [0.1, 0.15) is 6.10 Å². The van der Waals surface area contributed by atoms with Crippen LogP contribution in [0.4, 0.5) is 0 Å². The molecule has 0 amide bonds. The van der Waals surface area contributed by atoms with Crippen molar-refractivity contribution in [2.24, 2.45) is 11.1 Å². The number of nitrogens with one attached hydrogen (secondary N) is 1. The van der Waals surface area contributed by atoms with Gasteiger partial charge in [-0.1, -0.05) is 32.9 Å². The van der Waals surface area contributed by atoms with Crippen LogP contribution in [0, 0.1) is 5.92 Å². The van der Waals surface area contributed by atoms with Crippen molar-refractivity contribution >= 4 is 5.71 Å². The molecule has 0 spiro atoms. The molecule has 0 aromatic carbocycles. The van der Waals surface area contributed by atoms with E-state index in [2.05, 4.69) is 38.2 Å². The molecule has 0 radical (unpaired) electrons. The van der Waals surface area contributed by atoms with Crippen molar-refractivity contribution in [1.82, 2.24) is 5.32 Å². The number of aliphatic hydroxyl groups is 1. The highest BCUT2D eigenvalue weighted by molar-refractivity contribution is 5.87. The minimum absolute atomic E-state index is 0.173. The summed E-state index contributed by atoms with van der Waals surface area (Å²) in [5.74, 6) is 0.403. The fraction of sp³-hybridized carbons (Fsp3) is 0.909. The van der Waals surface area contributed by atoms with Crippen LogP contribution in [0.2, 0.25) is 0 Å². The highest BCUT2D eigenvalue weighted by Crippen LogP contribution is 2.18. The molecule has 0 aliphatic carbocycles. The van der Waals surface area contributed by atoms with Crippen LogP contribution >= 0.6 is 0 Å². The van der Waals surface area contributed by atoms with Gasteiger partial charge in [0, 0.05) is 19.0 Å². The molecule has 15 heavy (non-hydrogen) atoms. The number of aliphatic hydroxyl groups excluding tert-OH is 1. The third-order valence-electron chi connectivity index (χ3n) is 2.55. The second-order valence-corrected chi connectivity index (χ2v) is 4.72. The van der Waals surface area contributed by atoms with Crippen LogP contribution in [-0.4, -0.2) is 35.6 Å². The van der Waals surface area contributed by atoms with Gasteiger partial charge in [0.15, 0.2) is 6.10 Å². The van der Waals surface area contributed by atoms with Crippen LogP contribution in [0.25, 0.3) is 0 Å². The fourth-order valence-corrected chi connectivity index (χ4v) is 1.45. The van der Waals surface area contributed by atoms with Crippen molar-refractivity contribution in [3.8, 4) is 0 Å². The second kappa shape index (κ2) is 5.47. The molecule has 0 aromatic rings. The molecule has 0 saturated carbocycles. The second-order valence-electron chi connectivity index (χ2n) is 4.72. The molecule has 4 nitrogen and oxygen atoms in total. The predicted octanol–water partition coefficient (Wildman–Crippen LogP) is 1.15. The van der Waals surface area contributed by atoms with E-state index in [1.54, 1.807) is 0 Å². The molecule has 88 valence electrons. The molecule has 0 unspecified atom stereocenters. The van der Waals surface area contributed by atoms with E-state index < -0.39 is 6.10 Å². The first kappa shape index (κ1) is 12.5. The molecular formula is C11H22N2O2. The van der Waals surface area contributed by atoms with Crippen molar-refractivity contribution in [3.05, 3.63) is 0 Å². The Balaban J connectivity index is 2.29. The number of nitrogens with zero attached hydrogens (tertiary/aromatic N) is 1. The maximum Gasteiger partial charge on any atom is 0.159 e. The zero-order valence-corrected chi connectivity index (χ0v) is 10.0. The van der Waals surface area contributed by atoms with Gasteiger partial charge >= 0.3 is 0 Å². The first-order valence-corrected chi connectivity index (χ1v) is 5.64. The van der Waals surface area contributed by atoms with Crippen LogP contribution in [0.3, 0.4) is 0 Å². The van der Waals surface area contributed by atoms with Crippen molar-refractivity contribution in [1.29, 1.82) is 0 Å². The van der Waals surface area contributed by atoms with Gasteiger partial charge in [0.2, 0.25) is 0 Å².